The minimum Gasteiger partial charge on any atom is -0.312 e. The molecular weight excluding hydrogens is 238 g/mol. The molecule has 92 valence electrons. The van der Waals surface area contributed by atoms with E-state index in [4.69, 9.17) is 6.42 Å². The largest absolute Gasteiger partial charge is 0.312 e. The van der Waals surface area contributed by atoms with Gasteiger partial charge in [0.15, 0.2) is 0 Å². The molecule has 2 aromatic rings. The van der Waals surface area contributed by atoms with Crippen LogP contribution in [0.3, 0.4) is 0 Å². The summed E-state index contributed by atoms with van der Waals surface area (Å²) in [6.07, 6.45) is 7.12. The predicted molar refractivity (Wildman–Crippen MR) is 79.5 cm³/mol. The third-order valence-electron chi connectivity index (χ3n) is 2.73. The molecule has 0 radical (unpaired) electrons. The van der Waals surface area contributed by atoms with E-state index in [2.05, 4.69) is 46.9 Å². The van der Waals surface area contributed by atoms with E-state index in [-0.39, 0.29) is 0 Å². The minimum absolute atomic E-state index is 0.854. The van der Waals surface area contributed by atoms with Gasteiger partial charge >= 0.3 is 0 Å². The Morgan fingerprint density at radius 1 is 1.17 bits per heavy atom. The molecule has 0 spiro atoms. The van der Waals surface area contributed by atoms with E-state index in [0.29, 0.717) is 0 Å². The van der Waals surface area contributed by atoms with Crippen molar-refractivity contribution in [2.75, 3.05) is 6.54 Å². The first-order valence-electron chi connectivity index (χ1n) is 6.17. The molecule has 1 heterocycles. The second-order valence-electron chi connectivity index (χ2n) is 4.15. The summed E-state index contributed by atoms with van der Waals surface area (Å²) in [5.74, 6) is 2.65. The Bertz CT molecular complexity index is 507. The number of benzene rings is 1. The highest BCUT2D eigenvalue weighted by atomic mass is 32.1. The van der Waals surface area contributed by atoms with Crippen molar-refractivity contribution in [3.8, 4) is 23.5 Å². The van der Waals surface area contributed by atoms with E-state index in [1.165, 1.54) is 16.0 Å². The van der Waals surface area contributed by atoms with Gasteiger partial charge in [-0.2, -0.15) is 0 Å². The van der Waals surface area contributed by atoms with Gasteiger partial charge in [-0.1, -0.05) is 30.3 Å². The van der Waals surface area contributed by atoms with Crippen molar-refractivity contribution in [1.29, 1.82) is 0 Å². The number of nitrogens with one attached hydrogen (secondary N) is 1. The Balaban J connectivity index is 1.86. The quantitative estimate of drug-likeness (QED) is 0.609. The highest BCUT2D eigenvalue weighted by Gasteiger charge is 2.01. The molecule has 1 aromatic carbocycles. The van der Waals surface area contributed by atoms with Crippen LogP contribution < -0.4 is 5.32 Å². The van der Waals surface area contributed by atoms with Crippen LogP contribution in [0.15, 0.2) is 41.8 Å². The Hall–Kier alpha value is -1.56. The van der Waals surface area contributed by atoms with Crippen LogP contribution in [-0.2, 0) is 6.54 Å². The SMILES string of the molecule is C#CCCCNCc1cc(-c2ccccc2)cs1. The van der Waals surface area contributed by atoms with Crippen molar-refractivity contribution < 1.29 is 0 Å². The molecule has 0 saturated carbocycles. The summed E-state index contributed by atoms with van der Waals surface area (Å²) in [5, 5.41) is 5.63. The summed E-state index contributed by atoms with van der Waals surface area (Å²) in [7, 11) is 0. The van der Waals surface area contributed by atoms with Crippen LogP contribution in [0, 0.1) is 12.3 Å². The summed E-state index contributed by atoms with van der Waals surface area (Å²) >= 11 is 1.81. The first kappa shape index (κ1) is 12.9. The Labute approximate surface area is 113 Å². The fourth-order valence-electron chi connectivity index (χ4n) is 1.78. The van der Waals surface area contributed by atoms with Crippen LogP contribution in [0.5, 0.6) is 0 Å². The minimum atomic E-state index is 0.854. The molecule has 1 aromatic heterocycles. The number of rotatable bonds is 6. The summed E-state index contributed by atoms with van der Waals surface area (Å²) in [6, 6.07) is 12.7. The van der Waals surface area contributed by atoms with Crippen molar-refractivity contribution in [3.63, 3.8) is 0 Å². The summed E-state index contributed by atoms with van der Waals surface area (Å²) in [6.45, 7) is 1.92. The zero-order valence-electron chi connectivity index (χ0n) is 10.4. The smallest absolute Gasteiger partial charge is 0.0299 e. The second-order valence-corrected chi connectivity index (χ2v) is 5.15. The molecule has 2 heteroatoms. The molecule has 0 amide bonds. The van der Waals surface area contributed by atoms with Crippen molar-refractivity contribution in [2.24, 2.45) is 0 Å². The van der Waals surface area contributed by atoms with Crippen LogP contribution >= 0.6 is 11.3 Å². The van der Waals surface area contributed by atoms with Gasteiger partial charge in [0.05, 0.1) is 0 Å². The Kier molecular flexibility index (Phi) is 5.01. The molecule has 0 aliphatic heterocycles. The number of hydrogen-bond acceptors (Lipinski definition) is 2. The lowest BCUT2D eigenvalue weighted by molar-refractivity contribution is 0.664. The summed E-state index contributed by atoms with van der Waals surface area (Å²) in [4.78, 5) is 1.37. The first-order chi connectivity index (χ1) is 8.90. The van der Waals surface area contributed by atoms with Crippen molar-refractivity contribution in [3.05, 3.63) is 46.7 Å². The molecule has 0 saturated heterocycles. The molecule has 0 unspecified atom stereocenters. The maximum Gasteiger partial charge on any atom is 0.0299 e. The van der Waals surface area contributed by atoms with Gasteiger partial charge in [-0.25, -0.2) is 0 Å². The van der Waals surface area contributed by atoms with Gasteiger partial charge in [0.2, 0.25) is 0 Å². The molecule has 2 rings (SSSR count). The third kappa shape index (κ3) is 3.73. The Morgan fingerprint density at radius 3 is 2.78 bits per heavy atom. The van der Waals surface area contributed by atoms with Gasteiger partial charge in [0, 0.05) is 17.8 Å². The number of terminal acetylenes is 1. The van der Waals surface area contributed by atoms with Gasteiger partial charge in [-0.3, -0.25) is 0 Å². The molecule has 0 aliphatic rings. The zero-order chi connectivity index (χ0) is 12.6. The van der Waals surface area contributed by atoms with E-state index >= 15 is 0 Å². The fraction of sp³-hybridized carbons (Fsp3) is 0.250. The third-order valence-corrected chi connectivity index (χ3v) is 3.67. The fourth-order valence-corrected chi connectivity index (χ4v) is 2.65. The average molecular weight is 255 g/mol. The lowest BCUT2D eigenvalue weighted by Crippen LogP contribution is -2.13. The summed E-state index contributed by atoms with van der Waals surface area (Å²) in [5.41, 5.74) is 2.59. The molecule has 0 fully saturated rings. The lowest BCUT2D eigenvalue weighted by Gasteiger charge is -2.00. The molecule has 1 N–H and O–H groups in total. The van der Waals surface area contributed by atoms with Crippen LogP contribution in [-0.4, -0.2) is 6.54 Å². The van der Waals surface area contributed by atoms with Crippen molar-refractivity contribution in [1.82, 2.24) is 5.32 Å². The number of unbranched alkanes of at least 4 members (excludes halogenated alkanes) is 1. The van der Waals surface area contributed by atoms with E-state index in [0.717, 1.165) is 25.9 Å². The zero-order valence-corrected chi connectivity index (χ0v) is 11.2. The standard InChI is InChI=1S/C16H17NS/c1-2-3-7-10-17-12-16-11-15(13-18-16)14-8-5-4-6-9-14/h1,4-6,8-9,11,13,17H,3,7,10,12H2. The van der Waals surface area contributed by atoms with E-state index in [1.807, 2.05) is 6.07 Å². The maximum absolute atomic E-state index is 5.21. The van der Waals surface area contributed by atoms with Crippen LogP contribution in [0.4, 0.5) is 0 Å². The molecular formula is C16H17NS. The highest BCUT2D eigenvalue weighted by Crippen LogP contribution is 2.25. The number of thiophene rings is 1. The topological polar surface area (TPSA) is 12.0 Å². The van der Waals surface area contributed by atoms with Gasteiger partial charge in [0.25, 0.3) is 0 Å². The van der Waals surface area contributed by atoms with E-state index < -0.39 is 0 Å². The van der Waals surface area contributed by atoms with Gasteiger partial charge in [-0.05, 0) is 35.5 Å². The molecule has 18 heavy (non-hydrogen) atoms. The molecule has 1 nitrogen and oxygen atoms in total. The Morgan fingerprint density at radius 2 is 2.00 bits per heavy atom. The first-order valence-corrected chi connectivity index (χ1v) is 7.05. The van der Waals surface area contributed by atoms with Gasteiger partial charge < -0.3 is 5.32 Å². The van der Waals surface area contributed by atoms with Crippen molar-refractivity contribution >= 4 is 11.3 Å². The number of hydrogen-bond donors (Lipinski definition) is 1. The highest BCUT2D eigenvalue weighted by molar-refractivity contribution is 7.10. The van der Waals surface area contributed by atoms with E-state index in [9.17, 15) is 0 Å². The lowest BCUT2D eigenvalue weighted by atomic mass is 10.1. The second kappa shape index (κ2) is 7.00. The molecule has 0 atom stereocenters. The van der Waals surface area contributed by atoms with Gasteiger partial charge in [0.1, 0.15) is 0 Å². The van der Waals surface area contributed by atoms with Crippen molar-refractivity contribution in [2.45, 2.75) is 19.4 Å². The molecule has 0 aliphatic carbocycles. The predicted octanol–water partition coefficient (Wildman–Crippen LogP) is 3.92. The van der Waals surface area contributed by atoms with E-state index in [1.54, 1.807) is 11.3 Å². The molecule has 0 bridgehead atoms. The normalized spacial score (nSPS) is 10.2. The van der Waals surface area contributed by atoms with Crippen LogP contribution in [0.25, 0.3) is 11.1 Å². The van der Waals surface area contributed by atoms with Crippen LogP contribution in [0.1, 0.15) is 17.7 Å². The van der Waals surface area contributed by atoms with Gasteiger partial charge in [-0.15, -0.1) is 23.7 Å². The summed E-state index contributed by atoms with van der Waals surface area (Å²) < 4.78 is 0. The monoisotopic (exact) mass is 255 g/mol. The average Bonchev–Trinajstić information content (AvgIpc) is 2.88. The maximum atomic E-state index is 5.21. The van der Waals surface area contributed by atoms with Crippen LogP contribution in [0.2, 0.25) is 0 Å².